The number of halogens is 2. The van der Waals surface area contributed by atoms with Gasteiger partial charge < -0.3 is 15.0 Å². The predicted octanol–water partition coefficient (Wildman–Crippen LogP) is 3.52. The molecular formula is C17H24Cl2N2O2. The molecule has 6 heteroatoms. The average Bonchev–Trinajstić information content (AvgIpc) is 3.01. The molecule has 0 aromatic heterocycles. The quantitative estimate of drug-likeness (QED) is 0.898. The third-order valence-electron chi connectivity index (χ3n) is 4.42. The standard InChI is InChI=1S/C17H23ClN2O2.ClH/c1-12-11-20(9-8-19-12)17(21)15-10-13(18)6-7-16(15)22-14-4-2-3-5-14;/h6-7,10,12,14,19H,2-5,8-9,11H2,1H3;1H. The van der Waals surface area contributed by atoms with Crippen LogP contribution in [0, 0.1) is 0 Å². The van der Waals surface area contributed by atoms with Gasteiger partial charge in [-0.25, -0.2) is 0 Å². The van der Waals surface area contributed by atoms with Gasteiger partial charge in [-0.1, -0.05) is 11.6 Å². The van der Waals surface area contributed by atoms with Crippen molar-refractivity contribution in [2.45, 2.75) is 44.8 Å². The van der Waals surface area contributed by atoms with Gasteiger partial charge in [-0.05, 0) is 50.8 Å². The number of nitrogens with one attached hydrogen (secondary N) is 1. The number of hydrogen-bond acceptors (Lipinski definition) is 3. The largest absolute Gasteiger partial charge is 0.490 e. The van der Waals surface area contributed by atoms with Gasteiger partial charge in [0.1, 0.15) is 5.75 Å². The molecule has 1 N–H and O–H groups in total. The van der Waals surface area contributed by atoms with Crippen molar-refractivity contribution >= 4 is 29.9 Å². The highest BCUT2D eigenvalue weighted by atomic mass is 35.5. The first-order chi connectivity index (χ1) is 10.6. The molecule has 1 saturated heterocycles. The monoisotopic (exact) mass is 358 g/mol. The Morgan fingerprint density at radius 1 is 1.35 bits per heavy atom. The second-order valence-electron chi connectivity index (χ2n) is 6.27. The van der Waals surface area contributed by atoms with E-state index in [1.807, 2.05) is 11.0 Å². The van der Waals surface area contributed by atoms with Crippen LogP contribution in [0.2, 0.25) is 5.02 Å². The van der Waals surface area contributed by atoms with Crippen LogP contribution < -0.4 is 10.1 Å². The summed E-state index contributed by atoms with van der Waals surface area (Å²) in [5.74, 6) is 0.691. The van der Waals surface area contributed by atoms with Crippen LogP contribution in [0.5, 0.6) is 5.75 Å². The number of hydrogen-bond donors (Lipinski definition) is 1. The van der Waals surface area contributed by atoms with Gasteiger partial charge in [0.25, 0.3) is 5.91 Å². The molecule has 0 bridgehead atoms. The molecule has 4 nitrogen and oxygen atoms in total. The van der Waals surface area contributed by atoms with Crippen molar-refractivity contribution in [3.8, 4) is 5.75 Å². The third-order valence-corrected chi connectivity index (χ3v) is 4.66. The number of rotatable bonds is 3. The normalized spacial score (nSPS) is 21.8. The van der Waals surface area contributed by atoms with Crippen LogP contribution in [-0.4, -0.2) is 42.6 Å². The van der Waals surface area contributed by atoms with Crippen LogP contribution in [0.15, 0.2) is 18.2 Å². The lowest BCUT2D eigenvalue weighted by Gasteiger charge is -2.32. The summed E-state index contributed by atoms with van der Waals surface area (Å²) in [6.45, 7) is 4.35. The van der Waals surface area contributed by atoms with Gasteiger partial charge >= 0.3 is 0 Å². The first-order valence-corrected chi connectivity index (χ1v) is 8.50. The first-order valence-electron chi connectivity index (χ1n) is 8.12. The Labute approximate surface area is 148 Å². The first kappa shape index (κ1) is 18.4. The molecule has 1 atom stereocenters. The van der Waals surface area contributed by atoms with Gasteiger partial charge in [0.15, 0.2) is 0 Å². The van der Waals surface area contributed by atoms with E-state index in [0.717, 1.165) is 25.9 Å². The minimum absolute atomic E-state index is 0. The molecule has 1 amide bonds. The molecule has 1 aromatic carbocycles. The van der Waals surface area contributed by atoms with Crippen LogP contribution >= 0.6 is 24.0 Å². The Hall–Kier alpha value is -0.970. The molecule has 1 aromatic rings. The fourth-order valence-corrected chi connectivity index (χ4v) is 3.42. The fraction of sp³-hybridized carbons (Fsp3) is 0.588. The predicted molar refractivity (Wildman–Crippen MR) is 95.0 cm³/mol. The summed E-state index contributed by atoms with van der Waals surface area (Å²) < 4.78 is 6.08. The second kappa shape index (κ2) is 8.22. The maximum absolute atomic E-state index is 12.9. The van der Waals surface area contributed by atoms with E-state index in [1.165, 1.54) is 12.8 Å². The van der Waals surface area contributed by atoms with Crippen LogP contribution in [0.3, 0.4) is 0 Å². The fourth-order valence-electron chi connectivity index (χ4n) is 3.24. The minimum atomic E-state index is 0. The molecule has 1 aliphatic heterocycles. The molecule has 0 spiro atoms. The summed E-state index contributed by atoms with van der Waals surface area (Å²) in [6, 6.07) is 5.68. The van der Waals surface area contributed by atoms with Gasteiger partial charge in [0.2, 0.25) is 0 Å². The highest BCUT2D eigenvalue weighted by molar-refractivity contribution is 6.31. The zero-order chi connectivity index (χ0) is 15.5. The van der Waals surface area contributed by atoms with Crippen molar-refractivity contribution in [3.05, 3.63) is 28.8 Å². The Kier molecular flexibility index (Phi) is 6.57. The van der Waals surface area contributed by atoms with Crippen LogP contribution in [0.25, 0.3) is 0 Å². The lowest BCUT2D eigenvalue weighted by atomic mass is 10.1. The SMILES string of the molecule is CC1CN(C(=O)c2cc(Cl)ccc2OC2CCCC2)CCN1.Cl. The lowest BCUT2D eigenvalue weighted by molar-refractivity contribution is 0.0702. The molecule has 2 aliphatic rings. The molecule has 1 aliphatic carbocycles. The van der Waals surface area contributed by atoms with Crippen molar-refractivity contribution < 1.29 is 9.53 Å². The van der Waals surface area contributed by atoms with E-state index in [1.54, 1.807) is 12.1 Å². The molecule has 0 radical (unpaired) electrons. The lowest BCUT2D eigenvalue weighted by Crippen LogP contribution is -2.51. The van der Waals surface area contributed by atoms with Gasteiger partial charge in [0.05, 0.1) is 11.7 Å². The van der Waals surface area contributed by atoms with E-state index in [4.69, 9.17) is 16.3 Å². The molecule has 23 heavy (non-hydrogen) atoms. The van der Waals surface area contributed by atoms with E-state index in [-0.39, 0.29) is 24.4 Å². The summed E-state index contributed by atoms with van der Waals surface area (Å²) >= 11 is 6.11. The Morgan fingerprint density at radius 3 is 2.78 bits per heavy atom. The van der Waals surface area contributed by atoms with Crippen LogP contribution in [0.4, 0.5) is 0 Å². The third kappa shape index (κ3) is 4.52. The Bertz CT molecular complexity index is 547. The number of carbonyl (C=O) groups excluding carboxylic acids is 1. The van der Waals surface area contributed by atoms with Gasteiger partial charge in [0, 0.05) is 30.7 Å². The van der Waals surface area contributed by atoms with Crippen molar-refractivity contribution in [3.63, 3.8) is 0 Å². The van der Waals surface area contributed by atoms with Gasteiger partial charge in [-0.3, -0.25) is 4.79 Å². The number of benzene rings is 1. The highest BCUT2D eigenvalue weighted by Crippen LogP contribution is 2.29. The molecule has 2 fully saturated rings. The average molecular weight is 359 g/mol. The Morgan fingerprint density at radius 2 is 2.09 bits per heavy atom. The molecular weight excluding hydrogens is 335 g/mol. The van der Waals surface area contributed by atoms with E-state index < -0.39 is 0 Å². The maximum atomic E-state index is 12.9. The zero-order valence-electron chi connectivity index (χ0n) is 13.4. The summed E-state index contributed by atoms with van der Waals surface area (Å²) in [5.41, 5.74) is 0.591. The number of piperazine rings is 1. The molecule has 3 rings (SSSR count). The number of nitrogens with zero attached hydrogens (tertiary/aromatic N) is 1. The van der Waals surface area contributed by atoms with E-state index in [2.05, 4.69) is 12.2 Å². The maximum Gasteiger partial charge on any atom is 0.257 e. The summed E-state index contributed by atoms with van der Waals surface area (Å²) in [6.07, 6.45) is 4.78. The van der Waals surface area contributed by atoms with Crippen molar-refractivity contribution in [1.82, 2.24) is 10.2 Å². The summed E-state index contributed by atoms with van der Waals surface area (Å²) in [4.78, 5) is 14.7. The van der Waals surface area contributed by atoms with Gasteiger partial charge in [-0.2, -0.15) is 0 Å². The smallest absolute Gasteiger partial charge is 0.257 e. The van der Waals surface area contributed by atoms with E-state index in [9.17, 15) is 4.79 Å². The summed E-state index contributed by atoms with van der Waals surface area (Å²) in [5, 5.41) is 3.93. The number of amides is 1. The van der Waals surface area contributed by atoms with Crippen molar-refractivity contribution in [1.29, 1.82) is 0 Å². The van der Waals surface area contributed by atoms with E-state index in [0.29, 0.717) is 28.9 Å². The molecule has 1 unspecified atom stereocenters. The minimum Gasteiger partial charge on any atom is -0.490 e. The summed E-state index contributed by atoms with van der Waals surface area (Å²) in [7, 11) is 0. The molecule has 128 valence electrons. The zero-order valence-corrected chi connectivity index (χ0v) is 15.0. The number of ether oxygens (including phenoxy) is 1. The van der Waals surface area contributed by atoms with Crippen molar-refractivity contribution in [2.24, 2.45) is 0 Å². The van der Waals surface area contributed by atoms with Crippen LogP contribution in [0.1, 0.15) is 43.0 Å². The highest BCUT2D eigenvalue weighted by Gasteiger charge is 2.26. The second-order valence-corrected chi connectivity index (χ2v) is 6.71. The topological polar surface area (TPSA) is 41.6 Å². The Balaban J connectivity index is 0.00000192. The van der Waals surface area contributed by atoms with E-state index >= 15 is 0 Å². The molecule has 1 saturated carbocycles. The number of carbonyl (C=O) groups is 1. The van der Waals surface area contributed by atoms with Gasteiger partial charge in [-0.15, -0.1) is 12.4 Å². The van der Waals surface area contributed by atoms with Crippen molar-refractivity contribution in [2.75, 3.05) is 19.6 Å². The molecule has 1 heterocycles. The van der Waals surface area contributed by atoms with Crippen LogP contribution in [-0.2, 0) is 0 Å².